The van der Waals surface area contributed by atoms with Crippen molar-refractivity contribution in [2.45, 2.75) is 20.8 Å². The van der Waals surface area contributed by atoms with Crippen LogP contribution in [0.4, 0.5) is 0 Å². The van der Waals surface area contributed by atoms with Gasteiger partial charge in [-0.05, 0) is 17.9 Å². The molecule has 0 amide bonds. The van der Waals surface area contributed by atoms with Gasteiger partial charge in [0.1, 0.15) is 0 Å². The van der Waals surface area contributed by atoms with Gasteiger partial charge < -0.3 is 0 Å². The van der Waals surface area contributed by atoms with Crippen molar-refractivity contribution in [3.8, 4) is 0 Å². The van der Waals surface area contributed by atoms with Gasteiger partial charge in [-0.15, -0.1) is 0 Å². The lowest BCUT2D eigenvalue weighted by molar-refractivity contribution is 0.787. The van der Waals surface area contributed by atoms with Crippen LogP contribution in [0.5, 0.6) is 0 Å². The topological polar surface area (TPSA) is 12.4 Å². The maximum absolute atomic E-state index is 4.35. The van der Waals surface area contributed by atoms with Gasteiger partial charge in [0, 0.05) is 17.4 Å². The molecule has 0 aromatic rings. The van der Waals surface area contributed by atoms with Gasteiger partial charge in [-0.2, -0.15) is 0 Å². The minimum Gasteiger partial charge on any atom is -0.225 e. The zero-order valence-corrected chi connectivity index (χ0v) is 7.03. The first-order valence-electron chi connectivity index (χ1n) is 3.41. The summed E-state index contributed by atoms with van der Waals surface area (Å²) in [6.07, 6.45) is 0. The summed E-state index contributed by atoms with van der Waals surface area (Å²) in [7, 11) is 0. The summed E-state index contributed by atoms with van der Waals surface area (Å²) in [5, 5.41) is 0. The fraction of sp³-hybridized carbons (Fsp3) is 0.857. The van der Waals surface area contributed by atoms with Gasteiger partial charge in [-0.25, -0.2) is 4.40 Å². The molecule has 1 nitrogen and oxygen atoms in total. The highest BCUT2D eigenvalue weighted by Gasteiger charge is 2.19. The van der Waals surface area contributed by atoms with E-state index in [9.17, 15) is 0 Å². The molecule has 0 aromatic heterocycles. The van der Waals surface area contributed by atoms with Crippen molar-refractivity contribution in [2.75, 3.05) is 5.75 Å². The van der Waals surface area contributed by atoms with E-state index in [1.165, 1.54) is 11.5 Å². The summed E-state index contributed by atoms with van der Waals surface area (Å²) in [6, 6.07) is 0. The standard InChI is InChI=1S/C7H13NS/c1-5(2)7-6(3)4-9-8-7/h5-6H,4H2,1-3H3. The van der Waals surface area contributed by atoms with E-state index in [1.807, 2.05) is 0 Å². The third-order valence-corrected chi connectivity index (χ3v) is 2.58. The monoisotopic (exact) mass is 143 g/mol. The Bertz CT molecular complexity index is 129. The van der Waals surface area contributed by atoms with Crippen LogP contribution in [0.1, 0.15) is 20.8 Å². The highest BCUT2D eigenvalue weighted by molar-refractivity contribution is 7.98. The van der Waals surface area contributed by atoms with Gasteiger partial charge in [-0.1, -0.05) is 20.8 Å². The van der Waals surface area contributed by atoms with Crippen molar-refractivity contribution in [3.05, 3.63) is 0 Å². The van der Waals surface area contributed by atoms with Crippen molar-refractivity contribution < 1.29 is 0 Å². The molecule has 1 heterocycles. The second-order valence-corrected chi connectivity index (χ2v) is 3.64. The number of hydrogen-bond acceptors (Lipinski definition) is 2. The Labute approximate surface area is 61.1 Å². The molecule has 0 bridgehead atoms. The van der Waals surface area contributed by atoms with Crippen LogP contribution in [0.2, 0.25) is 0 Å². The number of nitrogens with zero attached hydrogens (tertiary/aromatic N) is 1. The molecule has 1 aliphatic heterocycles. The summed E-state index contributed by atoms with van der Waals surface area (Å²) < 4.78 is 4.35. The first-order valence-corrected chi connectivity index (χ1v) is 4.36. The average molecular weight is 143 g/mol. The van der Waals surface area contributed by atoms with E-state index in [4.69, 9.17) is 0 Å². The highest BCUT2D eigenvalue weighted by atomic mass is 32.2. The third-order valence-electron chi connectivity index (χ3n) is 1.59. The maximum Gasteiger partial charge on any atom is 0.0324 e. The molecule has 1 atom stereocenters. The van der Waals surface area contributed by atoms with Crippen LogP contribution in [0.25, 0.3) is 0 Å². The van der Waals surface area contributed by atoms with Crippen LogP contribution in [0, 0.1) is 11.8 Å². The van der Waals surface area contributed by atoms with Gasteiger partial charge >= 0.3 is 0 Å². The van der Waals surface area contributed by atoms with Crippen molar-refractivity contribution >= 4 is 17.7 Å². The maximum atomic E-state index is 4.35. The molecule has 1 unspecified atom stereocenters. The predicted octanol–water partition coefficient (Wildman–Crippen LogP) is 2.38. The van der Waals surface area contributed by atoms with Crippen molar-refractivity contribution in [1.29, 1.82) is 0 Å². The smallest absolute Gasteiger partial charge is 0.0324 e. The second kappa shape index (κ2) is 2.74. The lowest BCUT2D eigenvalue weighted by Crippen LogP contribution is -2.14. The van der Waals surface area contributed by atoms with Gasteiger partial charge in [0.25, 0.3) is 0 Å². The van der Waals surface area contributed by atoms with E-state index in [0.717, 1.165) is 5.92 Å². The number of rotatable bonds is 1. The van der Waals surface area contributed by atoms with Crippen LogP contribution >= 0.6 is 11.9 Å². The van der Waals surface area contributed by atoms with E-state index in [0.29, 0.717) is 5.92 Å². The van der Waals surface area contributed by atoms with E-state index >= 15 is 0 Å². The predicted molar refractivity (Wildman–Crippen MR) is 43.9 cm³/mol. The van der Waals surface area contributed by atoms with Crippen LogP contribution in [0.3, 0.4) is 0 Å². The van der Waals surface area contributed by atoms with Gasteiger partial charge in [0.15, 0.2) is 0 Å². The molecule has 0 spiro atoms. The molecule has 0 radical (unpaired) electrons. The van der Waals surface area contributed by atoms with Gasteiger partial charge in [0.05, 0.1) is 0 Å². The largest absolute Gasteiger partial charge is 0.225 e. The first kappa shape index (κ1) is 7.13. The minimum atomic E-state index is 0.648. The molecule has 0 N–H and O–H groups in total. The van der Waals surface area contributed by atoms with Gasteiger partial charge in [0.2, 0.25) is 0 Å². The molecular formula is C7H13NS. The van der Waals surface area contributed by atoms with Crippen molar-refractivity contribution in [2.24, 2.45) is 16.2 Å². The van der Waals surface area contributed by atoms with E-state index in [-0.39, 0.29) is 0 Å². The number of hydrogen-bond donors (Lipinski definition) is 0. The molecule has 9 heavy (non-hydrogen) atoms. The fourth-order valence-corrected chi connectivity index (χ4v) is 2.08. The van der Waals surface area contributed by atoms with Crippen LogP contribution in [0.15, 0.2) is 4.40 Å². The summed E-state index contributed by atoms with van der Waals surface area (Å²) in [5.74, 6) is 2.55. The van der Waals surface area contributed by atoms with Crippen LogP contribution in [-0.2, 0) is 0 Å². The Morgan fingerprint density at radius 2 is 2.33 bits per heavy atom. The molecule has 0 fully saturated rings. The van der Waals surface area contributed by atoms with E-state index in [2.05, 4.69) is 25.2 Å². The van der Waals surface area contributed by atoms with Crippen molar-refractivity contribution in [3.63, 3.8) is 0 Å². The van der Waals surface area contributed by atoms with Crippen molar-refractivity contribution in [1.82, 2.24) is 0 Å². The summed E-state index contributed by atoms with van der Waals surface area (Å²) >= 11 is 1.71. The van der Waals surface area contributed by atoms with E-state index < -0.39 is 0 Å². The Hall–Kier alpha value is 0.0200. The Morgan fingerprint density at radius 3 is 2.56 bits per heavy atom. The Balaban J connectivity index is 2.57. The Kier molecular flexibility index (Phi) is 2.17. The highest BCUT2D eigenvalue weighted by Crippen LogP contribution is 2.24. The van der Waals surface area contributed by atoms with Crippen LogP contribution in [-0.4, -0.2) is 11.5 Å². The normalized spacial score (nSPS) is 27.1. The molecule has 0 aromatic carbocycles. The summed E-state index contributed by atoms with van der Waals surface area (Å²) in [6.45, 7) is 6.67. The average Bonchev–Trinajstić information content (AvgIpc) is 2.13. The Morgan fingerprint density at radius 1 is 1.67 bits per heavy atom. The molecule has 0 aliphatic carbocycles. The molecule has 0 saturated carbocycles. The SMILES string of the molecule is CC(C)C1=NSCC1C. The minimum absolute atomic E-state index is 0.648. The van der Waals surface area contributed by atoms with Gasteiger partial charge in [-0.3, -0.25) is 0 Å². The molecule has 1 rings (SSSR count). The second-order valence-electron chi connectivity index (χ2n) is 2.87. The molecule has 52 valence electrons. The van der Waals surface area contributed by atoms with E-state index in [1.54, 1.807) is 11.9 Å². The lowest BCUT2D eigenvalue weighted by Gasteiger charge is -2.07. The first-order chi connectivity index (χ1) is 4.22. The summed E-state index contributed by atoms with van der Waals surface area (Å²) in [5.41, 5.74) is 1.39. The zero-order valence-electron chi connectivity index (χ0n) is 6.22. The lowest BCUT2D eigenvalue weighted by atomic mass is 9.98. The third kappa shape index (κ3) is 1.48. The molecule has 0 saturated heterocycles. The molecular weight excluding hydrogens is 130 g/mol. The fourth-order valence-electron chi connectivity index (χ4n) is 1.07. The quantitative estimate of drug-likeness (QED) is 0.513. The van der Waals surface area contributed by atoms with Crippen LogP contribution < -0.4 is 0 Å². The molecule has 2 heteroatoms. The zero-order chi connectivity index (χ0) is 6.85. The summed E-state index contributed by atoms with van der Waals surface area (Å²) in [4.78, 5) is 0. The molecule has 1 aliphatic rings.